The molecule has 0 saturated carbocycles. The molecule has 1 rings (SSSR count). The lowest BCUT2D eigenvalue weighted by atomic mass is 9.99. The van der Waals surface area contributed by atoms with Crippen molar-refractivity contribution in [3.8, 4) is 0 Å². The van der Waals surface area contributed by atoms with E-state index in [1.54, 1.807) is 0 Å². The molecule has 0 radical (unpaired) electrons. The van der Waals surface area contributed by atoms with E-state index in [1.165, 1.54) is 5.56 Å². The van der Waals surface area contributed by atoms with Crippen LogP contribution in [0.5, 0.6) is 0 Å². The summed E-state index contributed by atoms with van der Waals surface area (Å²) in [5, 5.41) is 4.30. The minimum Gasteiger partial charge on any atom is -0.311 e. The molecule has 0 amide bonds. The molecule has 1 nitrogen and oxygen atoms in total. The van der Waals surface area contributed by atoms with E-state index in [0.717, 1.165) is 11.6 Å². The van der Waals surface area contributed by atoms with Crippen molar-refractivity contribution in [2.75, 3.05) is 6.54 Å². The second-order valence-corrected chi connectivity index (χ2v) is 5.52. The van der Waals surface area contributed by atoms with Crippen LogP contribution in [0, 0.1) is 0 Å². The molecule has 1 unspecified atom stereocenters. The van der Waals surface area contributed by atoms with Crippen molar-refractivity contribution in [2.45, 2.75) is 39.2 Å². The van der Waals surface area contributed by atoms with E-state index in [1.807, 2.05) is 12.1 Å². The maximum absolute atomic E-state index is 5.85. The molecule has 15 heavy (non-hydrogen) atoms. The fraction of sp³-hybridized carbons (Fsp3) is 0.538. The van der Waals surface area contributed by atoms with Crippen molar-refractivity contribution in [1.82, 2.24) is 5.32 Å². The van der Waals surface area contributed by atoms with E-state index in [-0.39, 0.29) is 5.54 Å². The standard InChI is InChI=1S/C13H20ClN/c1-10(9-15-13(2,3)4)11-5-7-12(14)8-6-11/h5-8,10,15H,9H2,1-4H3. The fourth-order valence-corrected chi connectivity index (χ4v) is 1.49. The van der Waals surface area contributed by atoms with Crippen LogP contribution in [0.3, 0.4) is 0 Å². The molecule has 0 aliphatic rings. The van der Waals surface area contributed by atoms with Crippen molar-refractivity contribution < 1.29 is 0 Å². The Kier molecular flexibility index (Phi) is 4.18. The highest BCUT2D eigenvalue weighted by molar-refractivity contribution is 6.30. The molecule has 1 atom stereocenters. The lowest BCUT2D eigenvalue weighted by Crippen LogP contribution is -2.38. The van der Waals surface area contributed by atoms with Gasteiger partial charge in [-0.25, -0.2) is 0 Å². The first-order chi connectivity index (χ1) is 6.88. The van der Waals surface area contributed by atoms with Gasteiger partial charge in [0.05, 0.1) is 0 Å². The fourth-order valence-electron chi connectivity index (χ4n) is 1.37. The smallest absolute Gasteiger partial charge is 0.0406 e. The average Bonchev–Trinajstić information content (AvgIpc) is 2.14. The van der Waals surface area contributed by atoms with Crippen LogP contribution in [0.25, 0.3) is 0 Å². The molecule has 0 spiro atoms. The second-order valence-electron chi connectivity index (χ2n) is 5.08. The quantitative estimate of drug-likeness (QED) is 0.825. The number of hydrogen-bond acceptors (Lipinski definition) is 1. The maximum atomic E-state index is 5.85. The Morgan fingerprint density at radius 2 is 1.73 bits per heavy atom. The monoisotopic (exact) mass is 225 g/mol. The van der Waals surface area contributed by atoms with Gasteiger partial charge in [-0.1, -0.05) is 30.7 Å². The number of rotatable bonds is 3. The summed E-state index contributed by atoms with van der Waals surface area (Å²) in [4.78, 5) is 0. The Morgan fingerprint density at radius 3 is 2.20 bits per heavy atom. The van der Waals surface area contributed by atoms with Crippen LogP contribution < -0.4 is 5.32 Å². The second kappa shape index (κ2) is 5.00. The van der Waals surface area contributed by atoms with E-state index in [2.05, 4.69) is 45.1 Å². The van der Waals surface area contributed by atoms with Crippen LogP contribution >= 0.6 is 11.6 Å². The van der Waals surface area contributed by atoms with E-state index >= 15 is 0 Å². The minimum atomic E-state index is 0.181. The van der Waals surface area contributed by atoms with Gasteiger partial charge >= 0.3 is 0 Å². The molecule has 0 aromatic heterocycles. The summed E-state index contributed by atoms with van der Waals surface area (Å²) in [7, 11) is 0. The SMILES string of the molecule is CC(CNC(C)(C)C)c1ccc(Cl)cc1. The average molecular weight is 226 g/mol. The lowest BCUT2D eigenvalue weighted by molar-refractivity contribution is 0.412. The van der Waals surface area contributed by atoms with Crippen LogP contribution in [0.1, 0.15) is 39.2 Å². The zero-order valence-corrected chi connectivity index (χ0v) is 10.7. The Balaban J connectivity index is 2.54. The van der Waals surface area contributed by atoms with Gasteiger partial charge in [-0.2, -0.15) is 0 Å². The molecule has 0 bridgehead atoms. The van der Waals surface area contributed by atoms with E-state index < -0.39 is 0 Å². The summed E-state index contributed by atoms with van der Waals surface area (Å²) >= 11 is 5.85. The van der Waals surface area contributed by atoms with Crippen LogP contribution in [0.2, 0.25) is 5.02 Å². The summed E-state index contributed by atoms with van der Waals surface area (Å²) in [5.41, 5.74) is 1.51. The summed E-state index contributed by atoms with van der Waals surface area (Å²) in [6.07, 6.45) is 0. The van der Waals surface area contributed by atoms with Gasteiger partial charge in [0.25, 0.3) is 0 Å². The molecule has 0 saturated heterocycles. The molecule has 84 valence electrons. The first kappa shape index (κ1) is 12.5. The predicted molar refractivity (Wildman–Crippen MR) is 67.6 cm³/mol. The molecule has 1 N–H and O–H groups in total. The molecule has 0 aliphatic carbocycles. The largest absolute Gasteiger partial charge is 0.311 e. The van der Waals surface area contributed by atoms with E-state index in [0.29, 0.717) is 5.92 Å². The number of hydrogen-bond donors (Lipinski definition) is 1. The van der Waals surface area contributed by atoms with E-state index in [4.69, 9.17) is 11.6 Å². The minimum absolute atomic E-state index is 0.181. The molecule has 0 fully saturated rings. The van der Waals surface area contributed by atoms with Gasteiger partial charge in [0, 0.05) is 17.1 Å². The van der Waals surface area contributed by atoms with Crippen molar-refractivity contribution in [3.63, 3.8) is 0 Å². The third kappa shape index (κ3) is 4.67. The van der Waals surface area contributed by atoms with Gasteiger partial charge in [-0.15, -0.1) is 0 Å². The van der Waals surface area contributed by atoms with Gasteiger partial charge in [0.2, 0.25) is 0 Å². The van der Waals surface area contributed by atoms with Crippen molar-refractivity contribution in [3.05, 3.63) is 34.9 Å². The zero-order valence-electron chi connectivity index (χ0n) is 9.97. The molecular formula is C13H20ClN. The Hall–Kier alpha value is -0.530. The van der Waals surface area contributed by atoms with Crippen molar-refractivity contribution >= 4 is 11.6 Å². The predicted octanol–water partition coefficient (Wildman–Crippen LogP) is 3.83. The zero-order chi connectivity index (χ0) is 11.5. The topological polar surface area (TPSA) is 12.0 Å². The van der Waals surface area contributed by atoms with Crippen LogP contribution in [-0.2, 0) is 0 Å². The molecule has 0 heterocycles. The summed E-state index contributed by atoms with van der Waals surface area (Å²) in [6.45, 7) is 9.76. The summed E-state index contributed by atoms with van der Waals surface area (Å²) in [5.74, 6) is 0.515. The summed E-state index contributed by atoms with van der Waals surface area (Å²) in [6, 6.07) is 8.09. The first-order valence-corrected chi connectivity index (χ1v) is 5.77. The van der Waals surface area contributed by atoms with Crippen LogP contribution in [0.15, 0.2) is 24.3 Å². The molecule has 1 aromatic rings. The molecule has 0 aliphatic heterocycles. The van der Waals surface area contributed by atoms with Crippen molar-refractivity contribution in [1.29, 1.82) is 0 Å². The first-order valence-electron chi connectivity index (χ1n) is 5.39. The Morgan fingerprint density at radius 1 is 1.20 bits per heavy atom. The highest BCUT2D eigenvalue weighted by atomic mass is 35.5. The normalized spacial score (nSPS) is 13.9. The highest BCUT2D eigenvalue weighted by Crippen LogP contribution is 2.18. The Labute approximate surface area is 97.8 Å². The number of benzene rings is 1. The van der Waals surface area contributed by atoms with Gasteiger partial charge in [-0.3, -0.25) is 0 Å². The molecule has 2 heteroatoms. The lowest BCUT2D eigenvalue weighted by Gasteiger charge is -2.23. The maximum Gasteiger partial charge on any atom is 0.0406 e. The van der Waals surface area contributed by atoms with Gasteiger partial charge in [0.15, 0.2) is 0 Å². The van der Waals surface area contributed by atoms with E-state index in [9.17, 15) is 0 Å². The third-order valence-corrected chi connectivity index (χ3v) is 2.63. The molecular weight excluding hydrogens is 206 g/mol. The third-order valence-electron chi connectivity index (χ3n) is 2.38. The van der Waals surface area contributed by atoms with Crippen LogP contribution in [-0.4, -0.2) is 12.1 Å². The van der Waals surface area contributed by atoms with Gasteiger partial charge < -0.3 is 5.32 Å². The highest BCUT2D eigenvalue weighted by Gasteiger charge is 2.11. The molecule has 1 aromatic carbocycles. The van der Waals surface area contributed by atoms with Crippen molar-refractivity contribution in [2.24, 2.45) is 0 Å². The Bertz CT molecular complexity index is 297. The van der Waals surface area contributed by atoms with Gasteiger partial charge in [-0.05, 0) is 44.4 Å². The summed E-state index contributed by atoms with van der Waals surface area (Å²) < 4.78 is 0. The number of nitrogens with one attached hydrogen (secondary N) is 1. The number of halogens is 1. The van der Waals surface area contributed by atoms with Crippen LogP contribution in [0.4, 0.5) is 0 Å². The van der Waals surface area contributed by atoms with Gasteiger partial charge in [0.1, 0.15) is 0 Å².